The lowest BCUT2D eigenvalue weighted by Crippen LogP contribution is -2.32. The first kappa shape index (κ1) is 17.2. The molecule has 0 saturated heterocycles. The van der Waals surface area contributed by atoms with Crippen LogP contribution in [-0.2, 0) is 11.2 Å². The molecule has 1 aromatic carbocycles. The van der Waals surface area contributed by atoms with Gasteiger partial charge in [-0.2, -0.15) is 0 Å². The maximum atomic E-state index is 5.69. The molecule has 114 valence electrons. The predicted octanol–water partition coefficient (Wildman–Crippen LogP) is 4.05. The van der Waals surface area contributed by atoms with E-state index in [2.05, 4.69) is 56.4 Å². The molecule has 1 aromatic rings. The van der Waals surface area contributed by atoms with E-state index in [0.717, 1.165) is 38.5 Å². The average molecular weight is 277 g/mol. The van der Waals surface area contributed by atoms with Crippen molar-refractivity contribution in [1.29, 1.82) is 0 Å². The van der Waals surface area contributed by atoms with Gasteiger partial charge in [-0.1, -0.05) is 50.6 Å². The molecule has 0 aliphatic heterocycles. The fraction of sp³-hybridized carbons (Fsp3) is 0.667. The molecule has 0 amide bonds. The van der Waals surface area contributed by atoms with Crippen LogP contribution in [0.25, 0.3) is 0 Å². The number of hydrogen-bond donors (Lipinski definition) is 1. The van der Waals surface area contributed by atoms with Crippen LogP contribution in [0.5, 0.6) is 0 Å². The van der Waals surface area contributed by atoms with Crippen LogP contribution in [0.3, 0.4) is 0 Å². The minimum absolute atomic E-state index is 0.624. The van der Waals surface area contributed by atoms with E-state index in [4.69, 9.17) is 4.74 Å². The molecular weight excluding hydrogens is 246 g/mol. The number of hydrogen-bond acceptors (Lipinski definition) is 2. The summed E-state index contributed by atoms with van der Waals surface area (Å²) in [6, 6.07) is 11.2. The fourth-order valence-corrected chi connectivity index (χ4v) is 2.15. The van der Waals surface area contributed by atoms with Crippen molar-refractivity contribution in [2.24, 2.45) is 5.92 Å². The van der Waals surface area contributed by atoms with Crippen LogP contribution in [0, 0.1) is 5.92 Å². The van der Waals surface area contributed by atoms with Crippen LogP contribution in [0.15, 0.2) is 30.3 Å². The number of benzene rings is 1. The zero-order chi connectivity index (χ0) is 14.6. The van der Waals surface area contributed by atoms with Gasteiger partial charge in [0, 0.05) is 12.6 Å². The summed E-state index contributed by atoms with van der Waals surface area (Å²) in [5, 5.41) is 3.59. The van der Waals surface area contributed by atoms with E-state index >= 15 is 0 Å². The van der Waals surface area contributed by atoms with E-state index in [9.17, 15) is 0 Å². The number of nitrogens with one attached hydrogen (secondary N) is 1. The van der Waals surface area contributed by atoms with Gasteiger partial charge in [0.25, 0.3) is 0 Å². The highest BCUT2D eigenvalue weighted by molar-refractivity contribution is 5.14. The van der Waals surface area contributed by atoms with Gasteiger partial charge in [-0.25, -0.2) is 0 Å². The van der Waals surface area contributed by atoms with Gasteiger partial charge in [-0.3, -0.25) is 0 Å². The molecule has 1 N–H and O–H groups in total. The van der Waals surface area contributed by atoms with E-state index in [1.165, 1.54) is 18.4 Å². The average Bonchev–Trinajstić information content (AvgIpc) is 2.49. The van der Waals surface area contributed by atoms with Gasteiger partial charge in [-0.05, 0) is 44.2 Å². The minimum atomic E-state index is 0.624. The summed E-state index contributed by atoms with van der Waals surface area (Å²) in [6.07, 6.45) is 4.61. The second-order valence-corrected chi connectivity index (χ2v) is 5.68. The zero-order valence-corrected chi connectivity index (χ0v) is 13.4. The molecule has 2 heteroatoms. The molecule has 0 aromatic heterocycles. The van der Waals surface area contributed by atoms with E-state index in [1.807, 2.05) is 0 Å². The van der Waals surface area contributed by atoms with Crippen LogP contribution in [0.2, 0.25) is 0 Å². The van der Waals surface area contributed by atoms with Gasteiger partial charge in [0.2, 0.25) is 0 Å². The van der Waals surface area contributed by atoms with E-state index in [-0.39, 0.29) is 0 Å². The molecule has 0 spiro atoms. The van der Waals surface area contributed by atoms with Gasteiger partial charge in [0.15, 0.2) is 0 Å². The molecule has 20 heavy (non-hydrogen) atoms. The molecule has 0 radical (unpaired) electrons. The lowest BCUT2D eigenvalue weighted by atomic mass is 10.0. The Morgan fingerprint density at radius 2 is 1.80 bits per heavy atom. The Labute approximate surface area is 124 Å². The maximum Gasteiger partial charge on any atom is 0.0506 e. The van der Waals surface area contributed by atoms with Crippen molar-refractivity contribution in [2.45, 2.75) is 52.5 Å². The highest BCUT2D eigenvalue weighted by Crippen LogP contribution is 2.06. The second-order valence-electron chi connectivity index (χ2n) is 5.68. The Kier molecular flexibility index (Phi) is 9.35. The van der Waals surface area contributed by atoms with Crippen LogP contribution in [0.1, 0.15) is 45.6 Å². The monoisotopic (exact) mass is 277 g/mol. The van der Waals surface area contributed by atoms with Crippen molar-refractivity contribution >= 4 is 0 Å². The molecule has 0 bridgehead atoms. The maximum absolute atomic E-state index is 5.69. The first-order valence-corrected chi connectivity index (χ1v) is 8.09. The highest BCUT2D eigenvalue weighted by Gasteiger charge is 2.07. The fourth-order valence-electron chi connectivity index (χ4n) is 2.15. The SMILES string of the molecule is CC[C@H](C)[C@H](C)NCCCCOCCc1ccccc1. The van der Waals surface area contributed by atoms with Gasteiger partial charge in [-0.15, -0.1) is 0 Å². The third-order valence-corrected chi connectivity index (χ3v) is 4.06. The molecule has 1 rings (SSSR count). The molecule has 0 heterocycles. The van der Waals surface area contributed by atoms with Gasteiger partial charge < -0.3 is 10.1 Å². The molecule has 0 aliphatic rings. The van der Waals surface area contributed by atoms with Crippen molar-refractivity contribution in [3.63, 3.8) is 0 Å². The lowest BCUT2D eigenvalue weighted by Gasteiger charge is -2.19. The summed E-state index contributed by atoms with van der Waals surface area (Å²) in [4.78, 5) is 0. The second kappa shape index (κ2) is 10.9. The van der Waals surface area contributed by atoms with Gasteiger partial charge in [0.05, 0.1) is 6.61 Å². The quantitative estimate of drug-likeness (QED) is 0.616. The van der Waals surface area contributed by atoms with Crippen molar-refractivity contribution < 1.29 is 4.74 Å². The smallest absolute Gasteiger partial charge is 0.0506 e. The zero-order valence-electron chi connectivity index (χ0n) is 13.4. The summed E-state index contributed by atoms with van der Waals surface area (Å²) in [5.41, 5.74) is 1.36. The Bertz CT molecular complexity index is 325. The largest absolute Gasteiger partial charge is 0.381 e. The Morgan fingerprint density at radius 3 is 2.50 bits per heavy atom. The summed E-state index contributed by atoms with van der Waals surface area (Å²) < 4.78 is 5.69. The van der Waals surface area contributed by atoms with Crippen LogP contribution < -0.4 is 5.32 Å². The number of rotatable bonds is 11. The number of ether oxygens (including phenoxy) is 1. The van der Waals surface area contributed by atoms with Gasteiger partial charge >= 0.3 is 0 Å². The molecular formula is C18H31NO. The molecule has 0 saturated carbocycles. The minimum Gasteiger partial charge on any atom is -0.381 e. The van der Waals surface area contributed by atoms with E-state index < -0.39 is 0 Å². The third-order valence-electron chi connectivity index (χ3n) is 4.06. The molecule has 2 nitrogen and oxygen atoms in total. The van der Waals surface area contributed by atoms with E-state index in [1.54, 1.807) is 0 Å². The van der Waals surface area contributed by atoms with Crippen molar-refractivity contribution in [3.05, 3.63) is 35.9 Å². The first-order chi connectivity index (χ1) is 9.74. The molecule has 0 unspecified atom stereocenters. The summed E-state index contributed by atoms with van der Waals surface area (Å²) in [6.45, 7) is 9.67. The summed E-state index contributed by atoms with van der Waals surface area (Å²) >= 11 is 0. The van der Waals surface area contributed by atoms with Crippen molar-refractivity contribution in [1.82, 2.24) is 5.32 Å². The van der Waals surface area contributed by atoms with Crippen molar-refractivity contribution in [2.75, 3.05) is 19.8 Å². The van der Waals surface area contributed by atoms with E-state index in [0.29, 0.717) is 6.04 Å². The summed E-state index contributed by atoms with van der Waals surface area (Å²) in [7, 11) is 0. The molecule has 2 atom stereocenters. The normalized spacial score (nSPS) is 14.2. The van der Waals surface area contributed by atoms with Crippen LogP contribution >= 0.6 is 0 Å². The molecule has 0 aliphatic carbocycles. The third kappa shape index (κ3) is 7.66. The van der Waals surface area contributed by atoms with Crippen molar-refractivity contribution in [3.8, 4) is 0 Å². The standard InChI is InChI=1S/C18H31NO/c1-4-16(2)17(3)19-13-8-9-14-20-15-12-18-10-6-5-7-11-18/h5-7,10-11,16-17,19H,4,8-9,12-15H2,1-3H3/t16-,17-/m0/s1. The highest BCUT2D eigenvalue weighted by atomic mass is 16.5. The topological polar surface area (TPSA) is 21.3 Å². The van der Waals surface area contributed by atoms with Gasteiger partial charge in [0.1, 0.15) is 0 Å². The molecule has 0 fully saturated rings. The predicted molar refractivity (Wildman–Crippen MR) is 87.1 cm³/mol. The van der Waals surface area contributed by atoms with Crippen LogP contribution in [-0.4, -0.2) is 25.8 Å². The Morgan fingerprint density at radius 1 is 1.05 bits per heavy atom. The Balaban J connectivity index is 1.90. The number of unbranched alkanes of at least 4 members (excludes halogenated alkanes) is 1. The first-order valence-electron chi connectivity index (χ1n) is 8.09. The Hall–Kier alpha value is -0.860. The summed E-state index contributed by atoms with van der Waals surface area (Å²) in [5.74, 6) is 0.761. The lowest BCUT2D eigenvalue weighted by molar-refractivity contribution is 0.133. The van der Waals surface area contributed by atoms with Crippen LogP contribution in [0.4, 0.5) is 0 Å².